The van der Waals surface area contributed by atoms with Gasteiger partial charge >= 0.3 is 0 Å². The maximum absolute atomic E-state index is 13.7. The Bertz CT molecular complexity index is 1650. The maximum atomic E-state index is 13.7. The number of benzene rings is 2. The first kappa shape index (κ1) is 28.8. The molecule has 0 aliphatic carbocycles. The summed E-state index contributed by atoms with van der Waals surface area (Å²) in [6.07, 6.45) is 4.63. The zero-order chi connectivity index (χ0) is 26.5. The number of H-pyrrole nitrogens is 1. The van der Waals surface area contributed by atoms with Crippen LogP contribution in [-0.4, -0.2) is 81.6 Å². The summed E-state index contributed by atoms with van der Waals surface area (Å²) in [5.74, 6) is 1.67. The Morgan fingerprint density at radius 1 is 1.08 bits per heavy atom. The predicted octanol–water partition coefficient (Wildman–Crippen LogP) is 4.46. The number of nitrogens with zero attached hydrogens (tertiary/aromatic N) is 6. The van der Waals surface area contributed by atoms with E-state index in [0.717, 1.165) is 47.2 Å². The van der Waals surface area contributed by atoms with Crippen molar-refractivity contribution in [3.8, 4) is 28.6 Å². The fourth-order valence-corrected chi connectivity index (χ4v) is 4.60. The average molecular weight is 545 g/mol. The monoisotopic (exact) mass is 544 g/mol. The summed E-state index contributed by atoms with van der Waals surface area (Å²) in [4.78, 5) is 18.6. The summed E-state index contributed by atoms with van der Waals surface area (Å²) in [6.45, 7) is 4.12. The van der Waals surface area contributed by atoms with E-state index in [2.05, 4.69) is 33.6 Å². The SMILES string of the molecule is CCCCc1nc(C)n(Cc2occc2C#N)c(=O)c1Cc1ccc(-c2ccccc2-c2nnn[nH]2)cc1.[K]. The Morgan fingerprint density at radius 2 is 1.85 bits per heavy atom. The molecule has 5 aromatic rings. The Balaban J connectivity index is 0.00000353. The molecule has 191 valence electrons. The van der Waals surface area contributed by atoms with Gasteiger partial charge in [0.2, 0.25) is 0 Å². The van der Waals surface area contributed by atoms with Gasteiger partial charge in [0.1, 0.15) is 17.7 Å². The van der Waals surface area contributed by atoms with Crippen molar-refractivity contribution in [2.45, 2.75) is 46.1 Å². The van der Waals surface area contributed by atoms with Crippen molar-refractivity contribution in [3.05, 3.63) is 105 Å². The number of hydrogen-bond donors (Lipinski definition) is 1. The van der Waals surface area contributed by atoms with Crippen molar-refractivity contribution in [1.82, 2.24) is 30.2 Å². The molecule has 1 radical (unpaired) electrons. The van der Waals surface area contributed by atoms with Gasteiger partial charge in [-0.1, -0.05) is 61.9 Å². The van der Waals surface area contributed by atoms with Crippen LogP contribution >= 0.6 is 0 Å². The van der Waals surface area contributed by atoms with Gasteiger partial charge < -0.3 is 4.42 Å². The van der Waals surface area contributed by atoms with Crippen LogP contribution < -0.4 is 5.56 Å². The molecule has 1 N–H and O–H groups in total. The fraction of sp³-hybridized carbons (Fsp3) is 0.241. The smallest absolute Gasteiger partial charge is 0.257 e. The summed E-state index contributed by atoms with van der Waals surface area (Å²) < 4.78 is 7.09. The average Bonchev–Trinajstić information content (AvgIpc) is 3.64. The molecule has 0 atom stereocenters. The topological polar surface area (TPSA) is 126 Å². The Kier molecular flexibility index (Phi) is 9.77. The van der Waals surface area contributed by atoms with Crippen LogP contribution in [0.3, 0.4) is 0 Å². The summed E-state index contributed by atoms with van der Waals surface area (Å²) in [6, 6.07) is 19.8. The number of nitrogens with one attached hydrogen (secondary N) is 1. The molecule has 0 saturated heterocycles. The third-order valence-electron chi connectivity index (χ3n) is 6.65. The van der Waals surface area contributed by atoms with Gasteiger partial charge in [0.15, 0.2) is 5.82 Å². The molecule has 3 heterocycles. The molecule has 0 amide bonds. The number of aryl methyl sites for hydroxylation is 2. The van der Waals surface area contributed by atoms with Crippen molar-refractivity contribution in [2.75, 3.05) is 0 Å². The second-order valence-corrected chi connectivity index (χ2v) is 9.12. The molecular weight excluding hydrogens is 517 g/mol. The van der Waals surface area contributed by atoms with Crippen LogP contribution in [0.15, 0.2) is 70.1 Å². The number of aromatic amines is 1. The number of rotatable bonds is 9. The van der Waals surface area contributed by atoms with E-state index in [1.54, 1.807) is 10.6 Å². The number of hydrogen-bond acceptors (Lipinski definition) is 7. The second kappa shape index (κ2) is 13.2. The van der Waals surface area contributed by atoms with Gasteiger partial charge in [-0.3, -0.25) is 9.36 Å². The predicted molar refractivity (Wildman–Crippen MR) is 148 cm³/mol. The molecule has 0 aliphatic heterocycles. The Morgan fingerprint density at radius 3 is 2.54 bits per heavy atom. The van der Waals surface area contributed by atoms with E-state index in [4.69, 9.17) is 9.40 Å². The van der Waals surface area contributed by atoms with Crippen LogP contribution in [0.1, 0.15) is 53.7 Å². The number of furan rings is 1. The standard InChI is InChI=1S/C29H27N7O2.K/c1-3-4-9-26-25(29(37)36(19(2)31-26)18-27-22(17-30)14-15-38-27)16-20-10-12-21(13-11-20)23-7-5-6-8-24(23)28-32-34-35-33-28;/h5-8,10-15H,3-4,9,16,18H2,1-2H3,(H,32,33,34,35);. The van der Waals surface area contributed by atoms with E-state index in [0.29, 0.717) is 35.0 Å². The van der Waals surface area contributed by atoms with Crippen LogP contribution in [0, 0.1) is 18.3 Å². The zero-order valence-corrected chi connectivity index (χ0v) is 25.4. The summed E-state index contributed by atoms with van der Waals surface area (Å²) >= 11 is 0. The van der Waals surface area contributed by atoms with E-state index in [-0.39, 0.29) is 63.5 Å². The van der Waals surface area contributed by atoms with Gasteiger partial charge in [-0.15, -0.1) is 5.10 Å². The summed E-state index contributed by atoms with van der Waals surface area (Å²) in [7, 11) is 0. The van der Waals surface area contributed by atoms with Crippen LogP contribution in [0.5, 0.6) is 0 Å². The van der Waals surface area contributed by atoms with Gasteiger partial charge in [-0.2, -0.15) is 5.26 Å². The van der Waals surface area contributed by atoms with E-state index in [9.17, 15) is 10.1 Å². The molecule has 10 heteroatoms. The van der Waals surface area contributed by atoms with E-state index in [1.165, 1.54) is 6.26 Å². The minimum absolute atomic E-state index is 0. The molecule has 3 aromatic heterocycles. The van der Waals surface area contributed by atoms with Crippen molar-refractivity contribution in [3.63, 3.8) is 0 Å². The number of unbranched alkanes of at least 4 members (excludes halogenated alkanes) is 1. The number of tetrazole rings is 1. The molecule has 2 aromatic carbocycles. The first-order valence-electron chi connectivity index (χ1n) is 12.6. The van der Waals surface area contributed by atoms with Gasteiger partial charge in [-0.25, -0.2) is 10.1 Å². The Labute approximate surface area is 268 Å². The van der Waals surface area contributed by atoms with E-state index < -0.39 is 0 Å². The molecule has 9 nitrogen and oxygen atoms in total. The molecule has 39 heavy (non-hydrogen) atoms. The first-order chi connectivity index (χ1) is 18.6. The molecule has 0 bridgehead atoms. The molecule has 0 fully saturated rings. The molecule has 0 unspecified atom stereocenters. The molecular formula is C29H27KN7O2. The van der Waals surface area contributed by atoms with Crippen molar-refractivity contribution < 1.29 is 4.42 Å². The minimum Gasteiger partial charge on any atom is -0.466 e. The van der Waals surface area contributed by atoms with Crippen LogP contribution in [0.25, 0.3) is 22.5 Å². The third kappa shape index (κ3) is 6.35. The first-order valence-corrected chi connectivity index (χ1v) is 12.6. The molecule has 0 saturated carbocycles. The van der Waals surface area contributed by atoms with Crippen LogP contribution in [-0.2, 0) is 19.4 Å². The summed E-state index contributed by atoms with van der Waals surface area (Å²) in [5, 5.41) is 23.6. The maximum Gasteiger partial charge on any atom is 0.257 e. The normalized spacial score (nSPS) is 10.7. The van der Waals surface area contributed by atoms with Gasteiger partial charge in [0, 0.05) is 68.9 Å². The fourth-order valence-electron chi connectivity index (χ4n) is 4.60. The van der Waals surface area contributed by atoms with Crippen LogP contribution in [0.4, 0.5) is 0 Å². The third-order valence-corrected chi connectivity index (χ3v) is 6.65. The van der Waals surface area contributed by atoms with Gasteiger partial charge in [0.05, 0.1) is 24.1 Å². The van der Waals surface area contributed by atoms with Gasteiger partial charge in [-0.05, 0) is 52.9 Å². The minimum atomic E-state index is -0.101. The Hall–Kier alpha value is -3.20. The van der Waals surface area contributed by atoms with Crippen LogP contribution in [0.2, 0.25) is 0 Å². The largest absolute Gasteiger partial charge is 0.466 e. The summed E-state index contributed by atoms with van der Waals surface area (Å²) in [5.41, 5.74) is 5.78. The molecule has 0 aliphatic rings. The van der Waals surface area contributed by atoms with Gasteiger partial charge in [0.25, 0.3) is 5.56 Å². The van der Waals surface area contributed by atoms with E-state index in [1.807, 2.05) is 55.5 Å². The van der Waals surface area contributed by atoms with E-state index >= 15 is 0 Å². The quantitative estimate of drug-likeness (QED) is 0.271. The second-order valence-electron chi connectivity index (χ2n) is 9.12. The molecule has 5 rings (SSSR count). The number of aromatic nitrogens is 6. The van der Waals surface area contributed by atoms with Crippen molar-refractivity contribution in [2.24, 2.45) is 0 Å². The van der Waals surface area contributed by atoms with Crippen molar-refractivity contribution in [1.29, 1.82) is 5.26 Å². The van der Waals surface area contributed by atoms with Crippen molar-refractivity contribution >= 4 is 51.4 Å². The zero-order valence-electron chi connectivity index (χ0n) is 22.3. The number of nitriles is 1. The molecule has 0 spiro atoms.